The van der Waals surface area contributed by atoms with Gasteiger partial charge in [0.1, 0.15) is 5.56 Å². The zero-order valence-electron chi connectivity index (χ0n) is 33.2. The summed E-state index contributed by atoms with van der Waals surface area (Å²) in [6.07, 6.45) is 15.4. The lowest BCUT2D eigenvalue weighted by Gasteiger charge is -2.11. The van der Waals surface area contributed by atoms with Crippen molar-refractivity contribution >= 4 is 11.8 Å². The molecule has 0 aliphatic heterocycles. The summed E-state index contributed by atoms with van der Waals surface area (Å²) < 4.78 is 6.66. The Morgan fingerprint density at radius 2 is 1.07 bits per heavy atom. The maximum absolute atomic E-state index is 13.8. The largest absolute Gasteiger partial charge is 0.352 e. The van der Waals surface area contributed by atoms with Crippen LogP contribution in [0.3, 0.4) is 0 Å². The first kappa shape index (κ1) is 39.5. The second-order valence-electron chi connectivity index (χ2n) is 14.6. The minimum absolute atomic E-state index is 0.158. The lowest BCUT2D eigenvalue weighted by atomic mass is 10.0. The number of rotatable bonds is 16. The van der Waals surface area contributed by atoms with Crippen LogP contribution in [0.2, 0.25) is 0 Å². The first-order valence-corrected chi connectivity index (χ1v) is 19.7. The maximum Gasteiger partial charge on any atom is 0.257 e. The highest BCUT2D eigenvalue weighted by Gasteiger charge is 2.21. The predicted molar refractivity (Wildman–Crippen MR) is 223 cm³/mol. The molecule has 2 amide bonds. The molecule has 7 nitrogen and oxygen atoms in total. The Balaban J connectivity index is 1.40. The van der Waals surface area contributed by atoms with Gasteiger partial charge in [-0.25, -0.2) is 4.57 Å². The molecule has 3 heterocycles. The van der Waals surface area contributed by atoms with Gasteiger partial charge in [-0.15, -0.1) is 0 Å². The van der Waals surface area contributed by atoms with Crippen LogP contribution in [0.1, 0.15) is 70.9 Å². The number of hydrogen-bond acceptors (Lipinski definition) is 2. The van der Waals surface area contributed by atoms with Gasteiger partial charge in [-0.05, 0) is 68.0 Å². The molecule has 0 radical (unpaired) electrons. The van der Waals surface area contributed by atoms with E-state index in [9.17, 15) is 9.59 Å². The van der Waals surface area contributed by atoms with Gasteiger partial charge in [0, 0.05) is 41.4 Å². The van der Waals surface area contributed by atoms with E-state index in [1.165, 1.54) is 33.4 Å². The zero-order chi connectivity index (χ0) is 39.4. The second kappa shape index (κ2) is 18.9. The van der Waals surface area contributed by atoms with E-state index in [1.54, 1.807) is 6.92 Å². The van der Waals surface area contributed by atoms with Gasteiger partial charge in [-0.1, -0.05) is 93.2 Å². The van der Waals surface area contributed by atoms with Crippen LogP contribution in [0.5, 0.6) is 0 Å². The minimum Gasteiger partial charge on any atom is -0.352 e. The van der Waals surface area contributed by atoms with Gasteiger partial charge < -0.3 is 10.6 Å². The van der Waals surface area contributed by atoms with Crippen LogP contribution in [0, 0.1) is 6.92 Å². The highest BCUT2D eigenvalue weighted by atomic mass is 16.2. The lowest BCUT2D eigenvalue weighted by molar-refractivity contribution is -0.689. The van der Waals surface area contributed by atoms with E-state index in [2.05, 4.69) is 168 Å². The number of nitrogens with zero attached hydrogens (tertiary/aromatic N) is 3. The summed E-state index contributed by atoms with van der Waals surface area (Å²) in [5, 5.41) is 5.92. The van der Waals surface area contributed by atoms with E-state index in [0.29, 0.717) is 43.7 Å². The fraction of sp³-hybridized carbons (Fsp3) is 0.245. The van der Waals surface area contributed by atoms with Crippen molar-refractivity contribution in [2.24, 2.45) is 0 Å². The Kier molecular flexibility index (Phi) is 13.3. The lowest BCUT2D eigenvalue weighted by Crippen LogP contribution is -2.38. The number of aromatic nitrogens is 3. The van der Waals surface area contributed by atoms with Crippen LogP contribution < -0.4 is 24.3 Å². The molecular formula is C49H54N5O2+3. The summed E-state index contributed by atoms with van der Waals surface area (Å²) in [7, 11) is 0. The standard InChI is InChI=1S/C49H52N5O2/c1-6-38-17-10-12-20-41(38)29-52-25-14-22-43(30-52)44-26-45(33-54(32-44)31-42-21-13-11-18-39(42)7-2)46-27-47(49(56)51-24-15-23-50-48(55)36(3)4)35-53(34-46)28-40-19-9-8-16-37(40)5/h8-14,16-22,25-27,30,32-35H,3,6-7,15,23-24,28-29,31H2,1-2,4-5H3/q+1/p+2. The van der Waals surface area contributed by atoms with Crippen LogP contribution in [0.4, 0.5) is 0 Å². The molecule has 3 aromatic heterocycles. The Morgan fingerprint density at radius 3 is 1.70 bits per heavy atom. The van der Waals surface area contributed by atoms with Crippen molar-refractivity contribution in [2.75, 3.05) is 13.1 Å². The van der Waals surface area contributed by atoms with E-state index in [4.69, 9.17) is 0 Å². The normalized spacial score (nSPS) is 10.9. The van der Waals surface area contributed by atoms with E-state index in [0.717, 1.165) is 41.6 Å². The average molecular weight is 745 g/mol. The van der Waals surface area contributed by atoms with Gasteiger partial charge in [-0.3, -0.25) is 9.59 Å². The van der Waals surface area contributed by atoms with Crippen LogP contribution in [-0.4, -0.2) is 24.9 Å². The van der Waals surface area contributed by atoms with Gasteiger partial charge in [-0.2, -0.15) is 9.13 Å². The number of carbonyl (C=O) groups is 2. The van der Waals surface area contributed by atoms with E-state index >= 15 is 0 Å². The Morgan fingerprint density at radius 1 is 0.571 bits per heavy atom. The Bertz CT molecular complexity index is 2350. The van der Waals surface area contributed by atoms with Gasteiger partial charge >= 0.3 is 0 Å². The SMILES string of the molecule is C=C(C)C(=O)NCCCNC(=O)c1cc(-c2cc(-c3ccc[n+](Cc4ccccc4CC)c3)c[n+](Cc3ccccc3CC)c2)c[n+](Cc2ccccc2C)c1. The third-order valence-electron chi connectivity index (χ3n) is 10.3. The summed E-state index contributed by atoms with van der Waals surface area (Å²) in [6.45, 7) is 14.9. The Hall–Kier alpha value is -6.21. The fourth-order valence-corrected chi connectivity index (χ4v) is 7.08. The number of aryl methyl sites for hydroxylation is 3. The topological polar surface area (TPSA) is 69.8 Å². The average Bonchev–Trinajstić information content (AvgIpc) is 3.21. The molecule has 0 atom stereocenters. The van der Waals surface area contributed by atoms with Crippen LogP contribution in [0.15, 0.2) is 146 Å². The molecule has 0 aliphatic carbocycles. The highest BCUT2D eigenvalue weighted by Crippen LogP contribution is 2.25. The molecule has 6 rings (SSSR count). The van der Waals surface area contributed by atoms with E-state index in [1.807, 2.05) is 18.3 Å². The fourth-order valence-electron chi connectivity index (χ4n) is 7.08. The third-order valence-corrected chi connectivity index (χ3v) is 10.3. The molecule has 3 aromatic carbocycles. The number of benzene rings is 3. The van der Waals surface area contributed by atoms with Gasteiger partial charge in [0.05, 0.1) is 22.3 Å². The third kappa shape index (κ3) is 10.3. The minimum atomic E-state index is -0.175. The summed E-state index contributed by atoms with van der Waals surface area (Å²) >= 11 is 0. The van der Waals surface area contributed by atoms with Crippen molar-refractivity contribution in [3.05, 3.63) is 185 Å². The molecule has 0 bridgehead atoms. The molecule has 0 fully saturated rings. The number of carbonyl (C=O) groups excluding carboxylic acids is 2. The molecule has 284 valence electrons. The van der Waals surface area contributed by atoms with Crippen molar-refractivity contribution in [3.8, 4) is 22.3 Å². The van der Waals surface area contributed by atoms with Gasteiger partial charge in [0.15, 0.2) is 56.8 Å². The number of amides is 2. The second-order valence-corrected chi connectivity index (χ2v) is 14.6. The molecule has 6 aromatic rings. The molecule has 0 aliphatic rings. The first-order valence-electron chi connectivity index (χ1n) is 19.7. The molecule has 56 heavy (non-hydrogen) atoms. The highest BCUT2D eigenvalue weighted by molar-refractivity contribution is 5.95. The number of nitrogens with one attached hydrogen (secondary N) is 2. The summed E-state index contributed by atoms with van der Waals surface area (Å²) in [4.78, 5) is 25.7. The van der Waals surface area contributed by atoms with Crippen molar-refractivity contribution in [2.45, 2.75) is 66.6 Å². The van der Waals surface area contributed by atoms with Crippen LogP contribution in [0.25, 0.3) is 22.3 Å². The van der Waals surface area contributed by atoms with Gasteiger partial charge in [0.25, 0.3) is 5.91 Å². The number of hydrogen-bond donors (Lipinski definition) is 2. The molecule has 0 spiro atoms. The van der Waals surface area contributed by atoms with Crippen LogP contribution >= 0.6 is 0 Å². The van der Waals surface area contributed by atoms with E-state index in [-0.39, 0.29) is 11.8 Å². The number of pyridine rings is 3. The molecule has 0 saturated carbocycles. The molecule has 0 saturated heterocycles. The molecule has 2 N–H and O–H groups in total. The summed E-state index contributed by atoms with van der Waals surface area (Å²) in [6, 6.07) is 34.2. The maximum atomic E-state index is 13.8. The van der Waals surface area contributed by atoms with Crippen molar-refractivity contribution < 1.29 is 23.3 Å². The Labute approximate surface area is 332 Å². The monoisotopic (exact) mass is 744 g/mol. The molecule has 0 unspecified atom stereocenters. The quantitative estimate of drug-likeness (QED) is 0.0622. The van der Waals surface area contributed by atoms with Crippen LogP contribution in [-0.2, 0) is 37.3 Å². The molecule has 7 heteroatoms. The summed E-state index contributed by atoms with van der Waals surface area (Å²) in [5.74, 6) is -0.333. The van der Waals surface area contributed by atoms with E-state index < -0.39 is 0 Å². The first-order chi connectivity index (χ1) is 27.2. The smallest absolute Gasteiger partial charge is 0.257 e. The van der Waals surface area contributed by atoms with Crippen molar-refractivity contribution in [1.82, 2.24) is 10.6 Å². The van der Waals surface area contributed by atoms with Crippen molar-refractivity contribution in [3.63, 3.8) is 0 Å². The van der Waals surface area contributed by atoms with Gasteiger partial charge in [0.2, 0.25) is 5.91 Å². The predicted octanol–water partition coefficient (Wildman–Crippen LogP) is 7.27. The molecular weight excluding hydrogens is 691 g/mol. The summed E-state index contributed by atoms with van der Waals surface area (Å²) in [5.41, 5.74) is 12.9. The zero-order valence-corrected chi connectivity index (χ0v) is 33.2. The van der Waals surface area contributed by atoms with Crippen molar-refractivity contribution in [1.29, 1.82) is 0 Å².